The number of nitrogens with one attached hydrogen (secondary N) is 1. The van der Waals surface area contributed by atoms with Crippen molar-refractivity contribution in [3.8, 4) is 22.8 Å². The number of rotatable bonds is 4. The Hall–Kier alpha value is -2.70. The zero-order chi connectivity index (χ0) is 18.7. The largest absolute Gasteiger partial charge is 0.334 e. The highest BCUT2D eigenvalue weighted by molar-refractivity contribution is 5.97. The molecule has 7 heteroatoms. The lowest BCUT2D eigenvalue weighted by atomic mass is 9.95. The summed E-state index contributed by atoms with van der Waals surface area (Å²) in [6, 6.07) is 15.1. The van der Waals surface area contributed by atoms with Gasteiger partial charge in [0.2, 0.25) is 11.7 Å². The van der Waals surface area contributed by atoms with E-state index >= 15 is 0 Å². The van der Waals surface area contributed by atoms with Crippen molar-refractivity contribution in [2.45, 2.75) is 27.3 Å². The molecule has 0 aliphatic heterocycles. The molecule has 0 bridgehead atoms. The molecule has 0 aliphatic rings. The van der Waals surface area contributed by atoms with Gasteiger partial charge in [0.15, 0.2) is 0 Å². The second-order valence-corrected chi connectivity index (χ2v) is 7.07. The summed E-state index contributed by atoms with van der Waals surface area (Å²) >= 11 is 0. The number of nitrogens with two attached hydrogens (primary N) is 1. The second-order valence-electron chi connectivity index (χ2n) is 7.07. The van der Waals surface area contributed by atoms with Crippen molar-refractivity contribution in [3.05, 3.63) is 54.1 Å². The number of amides is 1. The van der Waals surface area contributed by atoms with Gasteiger partial charge in [-0.25, -0.2) is 0 Å². The molecule has 0 spiro atoms. The third kappa shape index (κ3) is 4.72. The van der Waals surface area contributed by atoms with E-state index < -0.39 is 5.41 Å². The van der Waals surface area contributed by atoms with Gasteiger partial charge in [0.25, 0.3) is 5.89 Å². The fraction of sp³-hybridized carbons (Fsp3) is 0.250. The first kappa shape index (κ1) is 20.6. The molecule has 3 rings (SSSR count). The van der Waals surface area contributed by atoms with Gasteiger partial charge in [0.1, 0.15) is 0 Å². The topological polar surface area (TPSA) is 94.0 Å². The van der Waals surface area contributed by atoms with E-state index in [0.717, 1.165) is 11.1 Å². The molecule has 0 saturated carbocycles. The molecule has 0 fully saturated rings. The maximum absolute atomic E-state index is 12.3. The van der Waals surface area contributed by atoms with Crippen LogP contribution in [0.4, 0.5) is 5.69 Å². The molecule has 3 N–H and O–H groups in total. The lowest BCUT2D eigenvalue weighted by Crippen LogP contribution is -2.27. The van der Waals surface area contributed by atoms with Gasteiger partial charge in [-0.3, -0.25) is 4.79 Å². The number of anilines is 1. The predicted molar refractivity (Wildman–Crippen MR) is 108 cm³/mol. The van der Waals surface area contributed by atoms with Crippen LogP contribution in [-0.2, 0) is 11.3 Å². The van der Waals surface area contributed by atoms with Gasteiger partial charge < -0.3 is 15.6 Å². The van der Waals surface area contributed by atoms with Crippen LogP contribution in [0.5, 0.6) is 0 Å². The van der Waals surface area contributed by atoms with Crippen molar-refractivity contribution in [1.82, 2.24) is 10.1 Å². The van der Waals surface area contributed by atoms with Gasteiger partial charge in [0.05, 0.1) is 11.3 Å². The minimum absolute atomic E-state index is 0. The number of hydrogen-bond donors (Lipinski definition) is 2. The van der Waals surface area contributed by atoms with Gasteiger partial charge in [-0.1, -0.05) is 62.3 Å². The second kappa shape index (κ2) is 8.33. The zero-order valence-electron chi connectivity index (χ0n) is 15.5. The first-order chi connectivity index (χ1) is 12.4. The first-order valence-electron chi connectivity index (χ1n) is 8.42. The molecule has 3 aromatic rings. The lowest BCUT2D eigenvalue weighted by molar-refractivity contribution is -0.123. The van der Waals surface area contributed by atoms with Crippen LogP contribution in [0, 0.1) is 5.41 Å². The van der Waals surface area contributed by atoms with Crippen LogP contribution in [0.2, 0.25) is 0 Å². The highest BCUT2D eigenvalue weighted by Crippen LogP contribution is 2.29. The average molecular weight is 387 g/mol. The number of nitrogens with zero attached hydrogens (tertiary/aromatic N) is 2. The van der Waals surface area contributed by atoms with Crippen molar-refractivity contribution in [1.29, 1.82) is 0 Å². The first-order valence-corrected chi connectivity index (χ1v) is 8.42. The minimum atomic E-state index is -0.502. The molecule has 0 saturated heterocycles. The quantitative estimate of drug-likeness (QED) is 0.698. The Morgan fingerprint density at radius 1 is 1.11 bits per heavy atom. The van der Waals surface area contributed by atoms with Gasteiger partial charge in [-0.05, 0) is 17.7 Å². The summed E-state index contributed by atoms with van der Waals surface area (Å²) in [5.41, 5.74) is 8.32. The molecule has 0 atom stereocenters. The summed E-state index contributed by atoms with van der Waals surface area (Å²) in [6.45, 7) is 6.07. The van der Waals surface area contributed by atoms with Crippen LogP contribution < -0.4 is 11.1 Å². The van der Waals surface area contributed by atoms with E-state index in [1.807, 2.05) is 69.3 Å². The van der Waals surface area contributed by atoms with Gasteiger partial charge in [0, 0.05) is 17.5 Å². The summed E-state index contributed by atoms with van der Waals surface area (Å²) in [6.07, 6.45) is 0. The van der Waals surface area contributed by atoms with Crippen molar-refractivity contribution in [3.63, 3.8) is 0 Å². The van der Waals surface area contributed by atoms with Crippen LogP contribution >= 0.6 is 12.4 Å². The van der Waals surface area contributed by atoms with Crippen LogP contribution in [0.3, 0.4) is 0 Å². The average Bonchev–Trinajstić information content (AvgIpc) is 3.11. The number of carbonyl (C=O) groups is 1. The predicted octanol–water partition coefficient (Wildman–Crippen LogP) is 4.27. The Morgan fingerprint density at radius 3 is 2.41 bits per heavy atom. The number of halogens is 1. The molecule has 0 unspecified atom stereocenters. The molecule has 0 radical (unpaired) electrons. The minimum Gasteiger partial charge on any atom is -0.334 e. The molecule has 6 nitrogen and oxygen atoms in total. The van der Waals surface area contributed by atoms with E-state index in [0.29, 0.717) is 29.5 Å². The summed E-state index contributed by atoms with van der Waals surface area (Å²) in [5.74, 6) is 0.760. The van der Waals surface area contributed by atoms with E-state index in [1.165, 1.54) is 0 Å². The Morgan fingerprint density at radius 2 is 1.78 bits per heavy atom. The fourth-order valence-electron chi connectivity index (χ4n) is 2.33. The van der Waals surface area contributed by atoms with E-state index in [9.17, 15) is 4.79 Å². The maximum atomic E-state index is 12.3. The molecule has 1 heterocycles. The number of benzene rings is 2. The molecule has 27 heavy (non-hydrogen) atoms. The van der Waals surface area contributed by atoms with Crippen LogP contribution in [-0.4, -0.2) is 16.0 Å². The monoisotopic (exact) mass is 386 g/mol. The van der Waals surface area contributed by atoms with Gasteiger partial charge in [-0.2, -0.15) is 4.98 Å². The molecule has 1 aromatic heterocycles. The molecule has 142 valence electrons. The Balaban J connectivity index is 0.00000261. The summed E-state index contributed by atoms with van der Waals surface area (Å²) in [5, 5.41) is 6.99. The Bertz CT molecular complexity index is 914. The highest BCUT2D eigenvalue weighted by Gasteiger charge is 2.23. The number of aromatic nitrogens is 2. The highest BCUT2D eigenvalue weighted by atomic mass is 35.5. The van der Waals surface area contributed by atoms with Crippen molar-refractivity contribution in [2.75, 3.05) is 5.32 Å². The van der Waals surface area contributed by atoms with Crippen LogP contribution in [0.15, 0.2) is 53.1 Å². The van der Waals surface area contributed by atoms with E-state index in [4.69, 9.17) is 10.3 Å². The molecule has 1 amide bonds. The summed E-state index contributed by atoms with van der Waals surface area (Å²) < 4.78 is 5.43. The van der Waals surface area contributed by atoms with Crippen molar-refractivity contribution in [2.24, 2.45) is 11.1 Å². The van der Waals surface area contributed by atoms with E-state index in [2.05, 4.69) is 15.5 Å². The fourth-order valence-corrected chi connectivity index (χ4v) is 2.33. The standard InChI is InChI=1S/C20H22N4O2.ClH/c1-20(2,3)19(25)22-16-7-5-4-6-15(16)18-23-17(24-26-18)14-10-8-13(12-21)9-11-14;/h4-11H,12,21H2,1-3H3,(H,22,25);1H. The Labute approximate surface area is 164 Å². The van der Waals surface area contributed by atoms with Crippen molar-refractivity contribution >= 4 is 24.0 Å². The number of carbonyl (C=O) groups excluding carboxylic acids is 1. The molecular weight excluding hydrogens is 364 g/mol. The summed E-state index contributed by atoms with van der Waals surface area (Å²) in [7, 11) is 0. The summed E-state index contributed by atoms with van der Waals surface area (Å²) in [4.78, 5) is 16.8. The third-order valence-corrected chi connectivity index (χ3v) is 3.96. The number of para-hydroxylation sites is 1. The lowest BCUT2D eigenvalue weighted by Gasteiger charge is -2.18. The molecular formula is C20H23ClN4O2. The number of hydrogen-bond acceptors (Lipinski definition) is 5. The van der Waals surface area contributed by atoms with Crippen molar-refractivity contribution < 1.29 is 9.32 Å². The maximum Gasteiger partial charge on any atom is 0.260 e. The normalized spacial score (nSPS) is 11.0. The van der Waals surface area contributed by atoms with E-state index in [-0.39, 0.29) is 18.3 Å². The van der Waals surface area contributed by atoms with Gasteiger partial charge in [-0.15, -0.1) is 12.4 Å². The van der Waals surface area contributed by atoms with E-state index in [1.54, 1.807) is 0 Å². The third-order valence-electron chi connectivity index (χ3n) is 3.96. The van der Waals surface area contributed by atoms with Gasteiger partial charge >= 0.3 is 0 Å². The Kier molecular flexibility index (Phi) is 6.36. The zero-order valence-corrected chi connectivity index (χ0v) is 16.3. The smallest absolute Gasteiger partial charge is 0.260 e. The molecule has 2 aromatic carbocycles. The SMILES string of the molecule is CC(C)(C)C(=O)Nc1ccccc1-c1nc(-c2ccc(CN)cc2)no1.Cl. The molecule has 0 aliphatic carbocycles. The van der Waals surface area contributed by atoms with Crippen LogP contribution in [0.1, 0.15) is 26.3 Å². The van der Waals surface area contributed by atoms with Crippen LogP contribution in [0.25, 0.3) is 22.8 Å².